The van der Waals surface area contributed by atoms with Gasteiger partial charge in [-0.3, -0.25) is 20.4 Å². The van der Waals surface area contributed by atoms with E-state index in [1.165, 1.54) is 24.3 Å². The van der Waals surface area contributed by atoms with Gasteiger partial charge in [-0.05, 0) is 55.0 Å². The highest BCUT2D eigenvalue weighted by molar-refractivity contribution is 7.89. The fourth-order valence-electron chi connectivity index (χ4n) is 1.89. The van der Waals surface area contributed by atoms with Crippen molar-refractivity contribution in [3.05, 3.63) is 58.6 Å². The van der Waals surface area contributed by atoms with Crippen molar-refractivity contribution in [1.82, 2.24) is 10.9 Å². The predicted octanol–water partition coefficient (Wildman–Crippen LogP) is 1.14. The first-order chi connectivity index (χ1) is 12.2. The number of carbonyl (C=O) groups is 2. The Morgan fingerprint density at radius 2 is 1.77 bits per heavy atom. The summed E-state index contributed by atoms with van der Waals surface area (Å²) in [6.45, 7) is 1.49. The minimum atomic E-state index is -3.84. The monoisotopic (exact) mass is 397 g/mol. The summed E-state index contributed by atoms with van der Waals surface area (Å²) < 4.78 is 27.6. The molecule has 0 spiro atoms. The first-order valence-corrected chi connectivity index (χ1v) is 9.20. The van der Waals surface area contributed by atoms with Crippen LogP contribution in [0.1, 0.15) is 15.9 Å². The van der Waals surface area contributed by atoms with Crippen LogP contribution in [0.4, 0.5) is 0 Å². The van der Waals surface area contributed by atoms with E-state index in [4.69, 9.17) is 21.5 Å². The number of ether oxygens (including phenoxy) is 1. The van der Waals surface area contributed by atoms with E-state index in [2.05, 4.69) is 10.9 Å². The van der Waals surface area contributed by atoms with Gasteiger partial charge in [0.1, 0.15) is 5.75 Å². The zero-order valence-corrected chi connectivity index (χ0v) is 15.2. The van der Waals surface area contributed by atoms with Gasteiger partial charge in [0.15, 0.2) is 6.61 Å². The molecule has 26 heavy (non-hydrogen) atoms. The summed E-state index contributed by atoms with van der Waals surface area (Å²) in [6, 6.07) is 9.88. The summed E-state index contributed by atoms with van der Waals surface area (Å²) in [5.41, 5.74) is 5.33. The molecule has 2 aromatic rings. The number of hydrogen-bond acceptors (Lipinski definition) is 5. The van der Waals surface area contributed by atoms with Crippen LogP contribution in [0.25, 0.3) is 0 Å². The van der Waals surface area contributed by atoms with Crippen LogP contribution < -0.4 is 20.7 Å². The van der Waals surface area contributed by atoms with Crippen LogP contribution in [0.15, 0.2) is 47.4 Å². The minimum absolute atomic E-state index is 0.121. The summed E-state index contributed by atoms with van der Waals surface area (Å²) >= 11 is 5.90. The minimum Gasteiger partial charge on any atom is -0.484 e. The van der Waals surface area contributed by atoms with Gasteiger partial charge in [0.05, 0.1) is 4.90 Å². The maximum absolute atomic E-state index is 11.9. The average Bonchev–Trinajstić information content (AvgIpc) is 2.60. The van der Waals surface area contributed by atoms with E-state index in [0.717, 1.165) is 5.56 Å². The highest BCUT2D eigenvalue weighted by Crippen LogP contribution is 2.20. The molecular weight excluding hydrogens is 382 g/mol. The number of benzene rings is 2. The predicted molar refractivity (Wildman–Crippen MR) is 95.1 cm³/mol. The molecule has 0 atom stereocenters. The standard InChI is InChI=1S/C16H16ClN3O5S/c1-10-8-12(4-7-14(10)17)25-9-15(21)19-20-16(22)11-2-5-13(6-3-11)26(18,23)24/h2-8H,9H2,1H3,(H,19,21)(H,20,22)(H2,18,23,24). The van der Waals surface area contributed by atoms with Gasteiger partial charge in [-0.25, -0.2) is 13.6 Å². The second-order valence-corrected chi connectivity index (χ2v) is 7.24. The lowest BCUT2D eigenvalue weighted by atomic mass is 10.2. The largest absolute Gasteiger partial charge is 0.484 e. The van der Waals surface area contributed by atoms with Gasteiger partial charge < -0.3 is 4.74 Å². The molecule has 0 heterocycles. The number of hydrazine groups is 1. The van der Waals surface area contributed by atoms with E-state index in [-0.39, 0.29) is 17.1 Å². The molecule has 0 bridgehead atoms. The highest BCUT2D eigenvalue weighted by Gasteiger charge is 2.11. The second kappa shape index (κ2) is 8.17. The number of rotatable bonds is 5. The van der Waals surface area contributed by atoms with Crippen LogP contribution in [0.2, 0.25) is 5.02 Å². The van der Waals surface area contributed by atoms with Gasteiger partial charge in [-0.2, -0.15) is 0 Å². The van der Waals surface area contributed by atoms with Crippen molar-refractivity contribution in [2.75, 3.05) is 6.61 Å². The van der Waals surface area contributed by atoms with Crippen molar-refractivity contribution in [2.24, 2.45) is 5.14 Å². The third-order valence-corrected chi connectivity index (χ3v) is 4.61. The normalized spacial score (nSPS) is 10.9. The van der Waals surface area contributed by atoms with Crippen LogP contribution in [-0.2, 0) is 14.8 Å². The molecule has 2 aromatic carbocycles. The van der Waals surface area contributed by atoms with E-state index >= 15 is 0 Å². The van der Waals surface area contributed by atoms with E-state index in [9.17, 15) is 18.0 Å². The maximum Gasteiger partial charge on any atom is 0.276 e. The number of halogens is 1. The molecule has 10 heteroatoms. The van der Waals surface area contributed by atoms with Crippen LogP contribution in [-0.4, -0.2) is 26.8 Å². The molecule has 2 amide bonds. The highest BCUT2D eigenvalue weighted by atomic mass is 35.5. The Hall–Kier alpha value is -2.62. The topological polar surface area (TPSA) is 128 Å². The molecule has 0 aliphatic rings. The zero-order valence-electron chi connectivity index (χ0n) is 13.7. The Balaban J connectivity index is 1.84. The first kappa shape index (κ1) is 19.7. The summed E-state index contributed by atoms with van der Waals surface area (Å²) in [7, 11) is -3.84. The van der Waals surface area contributed by atoms with Crippen molar-refractivity contribution in [3.8, 4) is 5.75 Å². The van der Waals surface area contributed by atoms with Crippen LogP contribution in [0.3, 0.4) is 0 Å². The number of hydrogen-bond donors (Lipinski definition) is 3. The molecule has 0 aliphatic carbocycles. The van der Waals surface area contributed by atoms with Gasteiger partial charge in [0.2, 0.25) is 10.0 Å². The molecule has 8 nitrogen and oxygen atoms in total. The van der Waals surface area contributed by atoms with Crippen LogP contribution in [0.5, 0.6) is 5.75 Å². The number of primary sulfonamides is 1. The third kappa shape index (κ3) is 5.45. The number of nitrogens with two attached hydrogens (primary N) is 1. The fraction of sp³-hybridized carbons (Fsp3) is 0.125. The molecule has 2 rings (SSSR count). The first-order valence-electron chi connectivity index (χ1n) is 7.28. The summed E-state index contributed by atoms with van der Waals surface area (Å²) in [6.07, 6.45) is 0. The number of nitrogens with one attached hydrogen (secondary N) is 2. The molecule has 138 valence electrons. The smallest absolute Gasteiger partial charge is 0.276 e. The molecule has 0 saturated heterocycles. The van der Waals surface area contributed by atoms with Crippen LogP contribution in [0, 0.1) is 6.92 Å². The summed E-state index contributed by atoms with van der Waals surface area (Å²) in [5, 5.41) is 5.56. The van der Waals surface area contributed by atoms with Gasteiger partial charge >= 0.3 is 0 Å². The zero-order chi connectivity index (χ0) is 19.3. The Morgan fingerprint density at radius 1 is 1.12 bits per heavy atom. The molecule has 4 N–H and O–H groups in total. The molecular formula is C16H16ClN3O5S. The molecule has 0 radical (unpaired) electrons. The molecule has 0 saturated carbocycles. The van der Waals surface area contributed by atoms with Crippen molar-refractivity contribution < 1.29 is 22.7 Å². The third-order valence-electron chi connectivity index (χ3n) is 3.26. The van der Waals surface area contributed by atoms with Crippen molar-refractivity contribution in [1.29, 1.82) is 0 Å². The lowest BCUT2D eigenvalue weighted by Crippen LogP contribution is -2.43. The van der Waals surface area contributed by atoms with E-state index in [0.29, 0.717) is 10.8 Å². The fourth-order valence-corrected chi connectivity index (χ4v) is 2.52. The van der Waals surface area contributed by atoms with Gasteiger partial charge in [0.25, 0.3) is 11.8 Å². The summed E-state index contributed by atoms with van der Waals surface area (Å²) in [4.78, 5) is 23.5. The van der Waals surface area contributed by atoms with Crippen LogP contribution >= 0.6 is 11.6 Å². The SMILES string of the molecule is Cc1cc(OCC(=O)NNC(=O)c2ccc(S(N)(=O)=O)cc2)ccc1Cl. The van der Waals surface area contributed by atoms with Crippen molar-refractivity contribution >= 4 is 33.4 Å². The molecule has 0 unspecified atom stereocenters. The number of amides is 2. The van der Waals surface area contributed by atoms with Crippen molar-refractivity contribution in [3.63, 3.8) is 0 Å². The second-order valence-electron chi connectivity index (χ2n) is 5.27. The van der Waals surface area contributed by atoms with Gasteiger partial charge in [-0.1, -0.05) is 11.6 Å². The van der Waals surface area contributed by atoms with E-state index in [1.807, 2.05) is 0 Å². The summed E-state index contributed by atoms with van der Waals surface area (Å²) in [5.74, 6) is -0.735. The number of aryl methyl sites for hydroxylation is 1. The average molecular weight is 398 g/mol. The molecule has 0 aliphatic heterocycles. The number of carbonyl (C=O) groups excluding carboxylic acids is 2. The van der Waals surface area contributed by atoms with Gasteiger partial charge in [-0.15, -0.1) is 0 Å². The number of sulfonamides is 1. The quantitative estimate of drug-likeness (QED) is 0.652. The van der Waals surface area contributed by atoms with E-state index in [1.54, 1.807) is 25.1 Å². The van der Waals surface area contributed by atoms with Crippen molar-refractivity contribution in [2.45, 2.75) is 11.8 Å². The maximum atomic E-state index is 11.9. The Morgan fingerprint density at radius 3 is 2.35 bits per heavy atom. The lowest BCUT2D eigenvalue weighted by molar-refractivity contribution is -0.123. The molecule has 0 aromatic heterocycles. The van der Waals surface area contributed by atoms with E-state index < -0.39 is 21.8 Å². The Bertz CT molecular complexity index is 929. The van der Waals surface area contributed by atoms with Gasteiger partial charge in [0, 0.05) is 10.6 Å². The Labute approximate surface area is 155 Å². The molecule has 0 fully saturated rings. The lowest BCUT2D eigenvalue weighted by Gasteiger charge is -2.10. The Kier molecular flexibility index (Phi) is 6.19.